The highest BCUT2D eigenvalue weighted by molar-refractivity contribution is 5.91. The number of ether oxygens (including phenoxy) is 2. The molecule has 1 rings (SSSR count). The minimum absolute atomic E-state index is 0.0203. The second-order valence-electron chi connectivity index (χ2n) is 3.80. The Bertz CT molecular complexity index is 451. The molecule has 0 atom stereocenters. The first-order valence-corrected chi connectivity index (χ1v) is 5.92. The summed E-state index contributed by atoms with van der Waals surface area (Å²) in [5.41, 5.74) is 0.176. The predicted molar refractivity (Wildman–Crippen MR) is 64.5 cm³/mol. The van der Waals surface area contributed by atoms with Crippen molar-refractivity contribution in [2.24, 2.45) is 7.05 Å². The van der Waals surface area contributed by atoms with E-state index in [9.17, 15) is 9.59 Å². The van der Waals surface area contributed by atoms with E-state index in [0.29, 0.717) is 12.2 Å². The molecule has 0 saturated heterocycles. The van der Waals surface area contributed by atoms with E-state index in [4.69, 9.17) is 9.47 Å². The molecule has 6 nitrogen and oxygen atoms in total. The van der Waals surface area contributed by atoms with E-state index in [1.165, 1.54) is 6.92 Å². The van der Waals surface area contributed by atoms with Gasteiger partial charge in [0.1, 0.15) is 5.82 Å². The Labute approximate surface area is 106 Å². The Kier molecular flexibility index (Phi) is 4.88. The third-order valence-corrected chi connectivity index (χ3v) is 2.34. The van der Waals surface area contributed by atoms with Gasteiger partial charge in [0, 0.05) is 20.4 Å². The van der Waals surface area contributed by atoms with E-state index >= 15 is 0 Å². The molecule has 0 aliphatic carbocycles. The highest BCUT2D eigenvalue weighted by atomic mass is 16.6. The number of imidazole rings is 1. The summed E-state index contributed by atoms with van der Waals surface area (Å²) in [5.74, 6) is -0.337. The lowest BCUT2D eigenvalue weighted by Gasteiger charge is -2.05. The van der Waals surface area contributed by atoms with Crippen LogP contribution in [0.1, 0.15) is 43.5 Å². The van der Waals surface area contributed by atoms with E-state index in [-0.39, 0.29) is 18.2 Å². The van der Waals surface area contributed by atoms with Crippen molar-refractivity contribution in [2.75, 3.05) is 6.61 Å². The fourth-order valence-corrected chi connectivity index (χ4v) is 1.60. The number of rotatable bonds is 5. The zero-order valence-corrected chi connectivity index (χ0v) is 11.1. The predicted octanol–water partition coefficient (Wildman–Crippen LogP) is 1.47. The Morgan fingerprint density at radius 1 is 1.33 bits per heavy atom. The van der Waals surface area contributed by atoms with Crippen molar-refractivity contribution in [1.82, 2.24) is 9.55 Å². The number of esters is 2. The van der Waals surface area contributed by atoms with E-state index in [0.717, 1.165) is 6.42 Å². The van der Waals surface area contributed by atoms with Crippen LogP contribution in [0.5, 0.6) is 5.88 Å². The van der Waals surface area contributed by atoms with Gasteiger partial charge in [-0.2, -0.15) is 4.98 Å². The molecule has 0 spiro atoms. The molecule has 0 aliphatic rings. The maximum absolute atomic E-state index is 11.8. The molecule has 0 saturated carbocycles. The summed E-state index contributed by atoms with van der Waals surface area (Å²) in [6, 6.07) is 0. The van der Waals surface area contributed by atoms with Crippen LogP contribution in [0, 0.1) is 0 Å². The maximum Gasteiger partial charge on any atom is 0.360 e. The van der Waals surface area contributed by atoms with Crippen LogP contribution in [0.15, 0.2) is 0 Å². The second kappa shape index (κ2) is 6.18. The first-order chi connectivity index (χ1) is 8.51. The molecular formula is C12H18N2O4. The summed E-state index contributed by atoms with van der Waals surface area (Å²) in [6.07, 6.45) is 1.58. The number of carbonyl (C=O) groups is 2. The molecule has 0 aliphatic heterocycles. The maximum atomic E-state index is 11.8. The normalized spacial score (nSPS) is 10.2. The van der Waals surface area contributed by atoms with Crippen molar-refractivity contribution in [3.05, 3.63) is 11.5 Å². The average Bonchev–Trinajstić information content (AvgIpc) is 2.55. The van der Waals surface area contributed by atoms with Gasteiger partial charge >= 0.3 is 11.9 Å². The van der Waals surface area contributed by atoms with Crippen LogP contribution < -0.4 is 4.74 Å². The zero-order valence-electron chi connectivity index (χ0n) is 11.1. The van der Waals surface area contributed by atoms with E-state index in [2.05, 4.69) is 4.98 Å². The van der Waals surface area contributed by atoms with Gasteiger partial charge in [-0.1, -0.05) is 6.92 Å². The molecule has 0 unspecified atom stereocenters. The van der Waals surface area contributed by atoms with Crippen molar-refractivity contribution in [1.29, 1.82) is 0 Å². The molecule has 18 heavy (non-hydrogen) atoms. The van der Waals surface area contributed by atoms with Gasteiger partial charge in [0.15, 0.2) is 5.69 Å². The molecule has 1 aromatic heterocycles. The summed E-state index contributed by atoms with van der Waals surface area (Å²) < 4.78 is 11.5. The van der Waals surface area contributed by atoms with Crippen LogP contribution in [0.4, 0.5) is 0 Å². The van der Waals surface area contributed by atoms with Crippen molar-refractivity contribution < 1.29 is 19.1 Å². The number of hydrogen-bond acceptors (Lipinski definition) is 5. The Morgan fingerprint density at radius 3 is 2.50 bits per heavy atom. The summed E-state index contributed by atoms with van der Waals surface area (Å²) in [7, 11) is 1.71. The number of nitrogens with zero attached hydrogens (tertiary/aromatic N) is 2. The van der Waals surface area contributed by atoms with Crippen molar-refractivity contribution in [3.8, 4) is 5.88 Å². The minimum atomic E-state index is -0.536. The molecular weight excluding hydrogens is 236 g/mol. The highest BCUT2D eigenvalue weighted by Gasteiger charge is 2.24. The van der Waals surface area contributed by atoms with Gasteiger partial charge < -0.3 is 14.0 Å². The number of hydrogen-bond donors (Lipinski definition) is 0. The van der Waals surface area contributed by atoms with Crippen LogP contribution in [-0.4, -0.2) is 28.1 Å². The van der Waals surface area contributed by atoms with Crippen molar-refractivity contribution >= 4 is 11.9 Å². The molecule has 0 bridgehead atoms. The fraction of sp³-hybridized carbons (Fsp3) is 0.583. The van der Waals surface area contributed by atoms with Crippen molar-refractivity contribution in [3.63, 3.8) is 0 Å². The summed E-state index contributed by atoms with van der Waals surface area (Å²) in [6.45, 7) is 5.24. The molecule has 0 fully saturated rings. The third kappa shape index (κ3) is 3.09. The van der Waals surface area contributed by atoms with Gasteiger partial charge in [-0.25, -0.2) is 4.79 Å². The van der Waals surface area contributed by atoms with Crippen molar-refractivity contribution in [2.45, 2.75) is 33.6 Å². The van der Waals surface area contributed by atoms with Gasteiger partial charge in [-0.05, 0) is 13.3 Å². The minimum Gasteiger partial charge on any atom is -0.461 e. The molecule has 0 aromatic carbocycles. The van der Waals surface area contributed by atoms with Gasteiger partial charge in [0.25, 0.3) is 5.88 Å². The largest absolute Gasteiger partial charge is 0.461 e. The average molecular weight is 254 g/mol. The lowest BCUT2D eigenvalue weighted by molar-refractivity contribution is -0.132. The second-order valence-corrected chi connectivity index (χ2v) is 3.80. The van der Waals surface area contributed by atoms with Crippen LogP contribution in [0.25, 0.3) is 0 Å². The summed E-state index contributed by atoms with van der Waals surface area (Å²) >= 11 is 0. The quantitative estimate of drug-likeness (QED) is 0.744. The van der Waals surface area contributed by atoms with Crippen LogP contribution in [0.2, 0.25) is 0 Å². The molecule has 0 N–H and O–H groups in total. The highest BCUT2D eigenvalue weighted by Crippen LogP contribution is 2.21. The van der Waals surface area contributed by atoms with E-state index < -0.39 is 11.9 Å². The fourth-order valence-electron chi connectivity index (χ4n) is 1.60. The molecule has 1 heterocycles. The van der Waals surface area contributed by atoms with Gasteiger partial charge in [0.2, 0.25) is 0 Å². The molecule has 1 aromatic rings. The van der Waals surface area contributed by atoms with E-state index in [1.54, 1.807) is 18.5 Å². The zero-order chi connectivity index (χ0) is 13.7. The summed E-state index contributed by atoms with van der Waals surface area (Å²) in [4.78, 5) is 27.0. The van der Waals surface area contributed by atoms with Gasteiger partial charge in [0.05, 0.1) is 6.61 Å². The molecule has 0 amide bonds. The molecule has 6 heteroatoms. The van der Waals surface area contributed by atoms with Gasteiger partial charge in [-0.3, -0.25) is 4.79 Å². The molecule has 100 valence electrons. The Balaban J connectivity index is 3.17. The number of aromatic nitrogens is 2. The lowest BCUT2D eigenvalue weighted by atomic mass is 10.3. The van der Waals surface area contributed by atoms with Crippen LogP contribution >= 0.6 is 0 Å². The Morgan fingerprint density at radius 2 is 2.00 bits per heavy atom. The molecule has 0 radical (unpaired) electrons. The first kappa shape index (κ1) is 14.2. The monoisotopic (exact) mass is 254 g/mol. The number of carbonyl (C=O) groups excluding carboxylic acids is 2. The SMILES string of the molecule is CCCc1nc(OC(C)=O)c(C(=O)OCC)n1C. The lowest BCUT2D eigenvalue weighted by Crippen LogP contribution is -2.14. The van der Waals surface area contributed by atoms with Crippen LogP contribution in [0.3, 0.4) is 0 Å². The standard InChI is InChI=1S/C12H18N2O4/c1-5-7-9-13-11(18-8(3)15)10(14(9)4)12(16)17-6-2/h5-7H2,1-4H3. The number of aryl methyl sites for hydroxylation is 1. The van der Waals surface area contributed by atoms with Gasteiger partial charge in [-0.15, -0.1) is 0 Å². The third-order valence-electron chi connectivity index (χ3n) is 2.34. The first-order valence-electron chi connectivity index (χ1n) is 5.92. The van der Waals surface area contributed by atoms with Crippen LogP contribution in [-0.2, 0) is 23.0 Å². The Hall–Kier alpha value is -1.85. The smallest absolute Gasteiger partial charge is 0.360 e. The summed E-state index contributed by atoms with van der Waals surface area (Å²) in [5, 5.41) is 0. The topological polar surface area (TPSA) is 70.4 Å². The van der Waals surface area contributed by atoms with E-state index in [1.807, 2.05) is 6.92 Å².